The van der Waals surface area contributed by atoms with Crippen molar-refractivity contribution in [2.45, 2.75) is 45.1 Å². The van der Waals surface area contributed by atoms with E-state index in [1.807, 2.05) is 0 Å². The van der Waals surface area contributed by atoms with Crippen molar-refractivity contribution in [3.63, 3.8) is 0 Å². The Kier molecular flexibility index (Phi) is 4.43. The van der Waals surface area contributed by atoms with Gasteiger partial charge in [0.25, 0.3) is 0 Å². The first-order chi connectivity index (χ1) is 6.74. The van der Waals surface area contributed by atoms with E-state index in [4.69, 9.17) is 0 Å². The molecule has 0 spiro atoms. The SMILES string of the molecule is CCCCCNC(=O)[C@H]1CCC(=O)N1. The van der Waals surface area contributed by atoms with Gasteiger partial charge in [-0.05, 0) is 12.8 Å². The van der Waals surface area contributed by atoms with Gasteiger partial charge >= 0.3 is 0 Å². The Hall–Kier alpha value is -1.06. The lowest BCUT2D eigenvalue weighted by atomic mass is 10.2. The molecule has 0 radical (unpaired) electrons. The molecule has 14 heavy (non-hydrogen) atoms. The van der Waals surface area contributed by atoms with Crippen LogP contribution in [0.15, 0.2) is 0 Å². The summed E-state index contributed by atoms with van der Waals surface area (Å²) in [5, 5.41) is 5.47. The Morgan fingerprint density at radius 2 is 2.36 bits per heavy atom. The summed E-state index contributed by atoms with van der Waals surface area (Å²) in [4.78, 5) is 22.3. The van der Waals surface area contributed by atoms with Crippen LogP contribution in [0.3, 0.4) is 0 Å². The Morgan fingerprint density at radius 3 is 2.93 bits per heavy atom. The van der Waals surface area contributed by atoms with Crippen LogP contribution in [-0.2, 0) is 9.59 Å². The molecule has 0 unspecified atom stereocenters. The molecule has 2 amide bonds. The van der Waals surface area contributed by atoms with Crippen LogP contribution in [0, 0.1) is 0 Å². The fourth-order valence-corrected chi connectivity index (χ4v) is 1.52. The van der Waals surface area contributed by atoms with Gasteiger partial charge in [-0.3, -0.25) is 9.59 Å². The van der Waals surface area contributed by atoms with Crippen LogP contribution >= 0.6 is 0 Å². The van der Waals surface area contributed by atoms with Crippen molar-refractivity contribution in [3.8, 4) is 0 Å². The number of carbonyl (C=O) groups excluding carboxylic acids is 2. The van der Waals surface area contributed by atoms with Crippen LogP contribution in [0.5, 0.6) is 0 Å². The highest BCUT2D eigenvalue weighted by Crippen LogP contribution is 2.06. The first-order valence-electron chi connectivity index (χ1n) is 5.31. The molecule has 0 saturated carbocycles. The molecule has 1 rings (SSSR count). The number of hydrogen-bond acceptors (Lipinski definition) is 2. The Balaban J connectivity index is 2.12. The fourth-order valence-electron chi connectivity index (χ4n) is 1.52. The summed E-state index contributed by atoms with van der Waals surface area (Å²) >= 11 is 0. The third-order valence-electron chi connectivity index (χ3n) is 2.39. The van der Waals surface area contributed by atoms with E-state index >= 15 is 0 Å². The van der Waals surface area contributed by atoms with Gasteiger partial charge < -0.3 is 10.6 Å². The Bertz CT molecular complexity index is 216. The summed E-state index contributed by atoms with van der Waals surface area (Å²) < 4.78 is 0. The fraction of sp³-hybridized carbons (Fsp3) is 0.800. The highest BCUT2D eigenvalue weighted by atomic mass is 16.2. The van der Waals surface area contributed by atoms with Gasteiger partial charge in [0.15, 0.2) is 0 Å². The van der Waals surface area contributed by atoms with Gasteiger partial charge in [0.05, 0.1) is 0 Å². The summed E-state index contributed by atoms with van der Waals surface area (Å²) in [7, 11) is 0. The zero-order valence-corrected chi connectivity index (χ0v) is 8.64. The van der Waals surface area contributed by atoms with E-state index in [1.165, 1.54) is 0 Å². The summed E-state index contributed by atoms with van der Waals surface area (Å²) in [6, 6.07) is -0.288. The summed E-state index contributed by atoms with van der Waals surface area (Å²) in [6.07, 6.45) is 4.42. The molecule has 0 aliphatic carbocycles. The van der Waals surface area contributed by atoms with Crippen LogP contribution in [0.25, 0.3) is 0 Å². The van der Waals surface area contributed by atoms with Gasteiger partial charge in [-0.25, -0.2) is 0 Å². The van der Waals surface area contributed by atoms with Crippen LogP contribution in [-0.4, -0.2) is 24.4 Å². The predicted molar refractivity (Wildman–Crippen MR) is 53.7 cm³/mol. The zero-order valence-electron chi connectivity index (χ0n) is 8.64. The second-order valence-corrected chi connectivity index (χ2v) is 3.66. The lowest BCUT2D eigenvalue weighted by molar-refractivity contribution is -0.125. The van der Waals surface area contributed by atoms with Crippen molar-refractivity contribution in [3.05, 3.63) is 0 Å². The maximum absolute atomic E-state index is 11.4. The van der Waals surface area contributed by atoms with Crippen molar-refractivity contribution < 1.29 is 9.59 Å². The molecule has 80 valence electrons. The number of rotatable bonds is 5. The molecule has 4 nitrogen and oxygen atoms in total. The van der Waals surface area contributed by atoms with E-state index in [2.05, 4.69) is 17.6 Å². The molecule has 0 aromatic heterocycles. The van der Waals surface area contributed by atoms with Crippen molar-refractivity contribution in [2.24, 2.45) is 0 Å². The molecular formula is C10H18N2O2. The third kappa shape index (κ3) is 3.36. The van der Waals surface area contributed by atoms with Crippen LogP contribution in [0.1, 0.15) is 39.0 Å². The number of amides is 2. The van der Waals surface area contributed by atoms with E-state index in [1.54, 1.807) is 0 Å². The number of nitrogens with one attached hydrogen (secondary N) is 2. The van der Waals surface area contributed by atoms with Gasteiger partial charge in [-0.2, -0.15) is 0 Å². The van der Waals surface area contributed by atoms with Crippen molar-refractivity contribution in [1.82, 2.24) is 10.6 Å². The van der Waals surface area contributed by atoms with E-state index in [9.17, 15) is 9.59 Å². The molecule has 2 N–H and O–H groups in total. The van der Waals surface area contributed by atoms with Gasteiger partial charge in [0.2, 0.25) is 11.8 Å². The molecule has 0 aromatic rings. The molecule has 0 bridgehead atoms. The Labute approximate surface area is 84.4 Å². The van der Waals surface area contributed by atoms with E-state index in [-0.39, 0.29) is 17.9 Å². The average Bonchev–Trinajstić information content (AvgIpc) is 2.59. The molecule has 1 aliphatic heterocycles. The van der Waals surface area contributed by atoms with Crippen molar-refractivity contribution in [1.29, 1.82) is 0 Å². The largest absolute Gasteiger partial charge is 0.354 e. The highest BCUT2D eigenvalue weighted by molar-refractivity contribution is 5.90. The predicted octanol–water partition coefficient (Wildman–Crippen LogP) is 0.571. The summed E-state index contributed by atoms with van der Waals surface area (Å²) in [5.74, 6) is -0.0503. The number of carbonyl (C=O) groups is 2. The first-order valence-corrected chi connectivity index (χ1v) is 5.31. The maximum atomic E-state index is 11.4. The van der Waals surface area contributed by atoms with Crippen molar-refractivity contribution >= 4 is 11.8 Å². The minimum Gasteiger partial charge on any atom is -0.354 e. The van der Waals surface area contributed by atoms with Crippen molar-refractivity contribution in [2.75, 3.05) is 6.54 Å². The zero-order chi connectivity index (χ0) is 10.4. The van der Waals surface area contributed by atoms with Gasteiger partial charge in [0.1, 0.15) is 6.04 Å². The molecule has 1 heterocycles. The Morgan fingerprint density at radius 1 is 1.57 bits per heavy atom. The van der Waals surface area contributed by atoms with Crippen LogP contribution in [0.2, 0.25) is 0 Å². The molecule has 1 atom stereocenters. The molecule has 1 saturated heterocycles. The molecule has 4 heteroatoms. The average molecular weight is 198 g/mol. The molecule has 1 fully saturated rings. The number of unbranched alkanes of at least 4 members (excludes halogenated alkanes) is 2. The minimum absolute atomic E-state index is 0.0151. The number of hydrogen-bond donors (Lipinski definition) is 2. The molecule has 0 aromatic carbocycles. The lowest BCUT2D eigenvalue weighted by Crippen LogP contribution is -2.41. The normalized spacial score (nSPS) is 20.6. The van der Waals surface area contributed by atoms with Gasteiger partial charge in [0, 0.05) is 13.0 Å². The smallest absolute Gasteiger partial charge is 0.242 e. The van der Waals surface area contributed by atoms with E-state index < -0.39 is 0 Å². The second-order valence-electron chi connectivity index (χ2n) is 3.66. The quantitative estimate of drug-likeness (QED) is 0.634. The van der Waals surface area contributed by atoms with Gasteiger partial charge in [-0.1, -0.05) is 19.8 Å². The van der Waals surface area contributed by atoms with Crippen LogP contribution in [0.4, 0.5) is 0 Å². The van der Waals surface area contributed by atoms with E-state index in [0.717, 1.165) is 25.8 Å². The lowest BCUT2D eigenvalue weighted by Gasteiger charge is -2.10. The topological polar surface area (TPSA) is 58.2 Å². The molecule has 1 aliphatic rings. The summed E-state index contributed by atoms with van der Waals surface area (Å²) in [6.45, 7) is 2.85. The molecular weight excluding hydrogens is 180 g/mol. The standard InChI is InChI=1S/C10H18N2O2/c1-2-3-4-7-11-10(14)8-5-6-9(13)12-8/h8H,2-7H2,1H3,(H,11,14)(H,12,13)/t8-/m1/s1. The minimum atomic E-state index is -0.288. The highest BCUT2D eigenvalue weighted by Gasteiger charge is 2.26. The van der Waals surface area contributed by atoms with Crippen LogP contribution < -0.4 is 10.6 Å². The van der Waals surface area contributed by atoms with Gasteiger partial charge in [-0.15, -0.1) is 0 Å². The first kappa shape index (κ1) is 11.0. The summed E-state index contributed by atoms with van der Waals surface area (Å²) in [5.41, 5.74) is 0. The monoisotopic (exact) mass is 198 g/mol. The third-order valence-corrected chi connectivity index (χ3v) is 2.39. The second kappa shape index (κ2) is 5.62. The van der Waals surface area contributed by atoms with E-state index in [0.29, 0.717) is 12.8 Å². The maximum Gasteiger partial charge on any atom is 0.242 e.